The van der Waals surface area contributed by atoms with E-state index in [-0.39, 0.29) is 13.0 Å². The van der Waals surface area contributed by atoms with E-state index in [1.165, 1.54) is 6.92 Å². The standard InChI is InChI=1S/C12H22F2O3/c1-3-5-6-7-8-10(9-15)12(13,14)11(16)17-4-2/h10,15H,3-9H2,1-2H3/t10-/m0/s1. The zero-order chi connectivity index (χ0) is 13.3. The molecule has 0 amide bonds. The molecule has 5 heteroatoms. The summed E-state index contributed by atoms with van der Waals surface area (Å²) in [6, 6.07) is 0. The predicted octanol–water partition coefficient (Wildman–Crippen LogP) is 2.76. The second kappa shape index (κ2) is 8.39. The molecule has 17 heavy (non-hydrogen) atoms. The van der Waals surface area contributed by atoms with Gasteiger partial charge in [-0.25, -0.2) is 4.79 Å². The Kier molecular flexibility index (Phi) is 8.04. The SMILES string of the molecule is CCCCCC[C@@H](CO)C(F)(F)C(=O)OCC. The fourth-order valence-corrected chi connectivity index (χ4v) is 1.60. The molecule has 0 spiro atoms. The zero-order valence-electron chi connectivity index (χ0n) is 10.5. The first-order valence-electron chi connectivity index (χ1n) is 6.16. The Bertz CT molecular complexity index is 220. The highest BCUT2D eigenvalue weighted by Gasteiger charge is 2.47. The van der Waals surface area contributed by atoms with Crippen LogP contribution in [0.1, 0.15) is 46.0 Å². The molecule has 0 saturated carbocycles. The summed E-state index contributed by atoms with van der Waals surface area (Å²) in [7, 11) is 0. The van der Waals surface area contributed by atoms with E-state index in [9.17, 15) is 13.6 Å². The molecule has 0 heterocycles. The number of hydrogen-bond acceptors (Lipinski definition) is 3. The summed E-state index contributed by atoms with van der Waals surface area (Å²) in [6.07, 6.45) is 3.56. The Morgan fingerprint density at radius 3 is 2.41 bits per heavy atom. The number of ether oxygens (including phenoxy) is 1. The van der Waals surface area contributed by atoms with Crippen molar-refractivity contribution in [1.82, 2.24) is 0 Å². The zero-order valence-corrected chi connectivity index (χ0v) is 10.5. The molecule has 0 radical (unpaired) electrons. The van der Waals surface area contributed by atoms with Gasteiger partial charge in [0, 0.05) is 0 Å². The smallest absolute Gasteiger partial charge is 0.377 e. The van der Waals surface area contributed by atoms with Crippen LogP contribution in [0, 0.1) is 5.92 Å². The number of unbranched alkanes of at least 4 members (excludes halogenated alkanes) is 3. The Morgan fingerprint density at radius 2 is 1.94 bits per heavy atom. The normalized spacial score (nSPS) is 13.5. The minimum atomic E-state index is -3.59. The average Bonchev–Trinajstić information content (AvgIpc) is 2.29. The molecule has 0 fully saturated rings. The van der Waals surface area contributed by atoms with Crippen LogP contribution in [0.5, 0.6) is 0 Å². The second-order valence-electron chi connectivity index (χ2n) is 4.07. The highest BCUT2D eigenvalue weighted by molar-refractivity contribution is 5.77. The molecule has 1 N–H and O–H groups in total. The summed E-state index contributed by atoms with van der Waals surface area (Å²) in [4.78, 5) is 11.1. The van der Waals surface area contributed by atoms with Crippen LogP contribution in [0.25, 0.3) is 0 Å². The van der Waals surface area contributed by atoms with Gasteiger partial charge in [-0.2, -0.15) is 8.78 Å². The lowest BCUT2D eigenvalue weighted by Gasteiger charge is -2.23. The molecular formula is C12H22F2O3. The van der Waals surface area contributed by atoms with Gasteiger partial charge in [0.2, 0.25) is 0 Å². The minimum Gasteiger partial charge on any atom is -0.462 e. The number of carbonyl (C=O) groups excluding carboxylic acids is 1. The van der Waals surface area contributed by atoms with Gasteiger partial charge in [-0.15, -0.1) is 0 Å². The molecule has 0 aliphatic heterocycles. The summed E-state index contributed by atoms with van der Waals surface area (Å²) in [5, 5.41) is 8.95. The fraction of sp³-hybridized carbons (Fsp3) is 0.917. The second-order valence-corrected chi connectivity index (χ2v) is 4.07. The largest absolute Gasteiger partial charge is 0.462 e. The first-order valence-corrected chi connectivity index (χ1v) is 6.16. The Hall–Kier alpha value is -0.710. The minimum absolute atomic E-state index is 0.0809. The molecule has 0 aliphatic carbocycles. The molecule has 0 rings (SSSR count). The van der Waals surface area contributed by atoms with Crippen LogP contribution in [0.15, 0.2) is 0 Å². The topological polar surface area (TPSA) is 46.5 Å². The van der Waals surface area contributed by atoms with E-state index < -0.39 is 24.4 Å². The van der Waals surface area contributed by atoms with Crippen LogP contribution in [0.3, 0.4) is 0 Å². The molecule has 0 unspecified atom stereocenters. The van der Waals surface area contributed by atoms with Crippen molar-refractivity contribution in [2.75, 3.05) is 13.2 Å². The molecule has 0 aromatic rings. The van der Waals surface area contributed by atoms with Crippen LogP contribution >= 0.6 is 0 Å². The summed E-state index contributed by atoms with van der Waals surface area (Å²) in [6.45, 7) is 2.72. The van der Waals surface area contributed by atoms with Gasteiger partial charge in [-0.3, -0.25) is 0 Å². The van der Waals surface area contributed by atoms with E-state index in [1.54, 1.807) is 0 Å². The van der Waals surface area contributed by atoms with E-state index in [1.807, 2.05) is 6.92 Å². The van der Waals surface area contributed by atoms with Gasteiger partial charge >= 0.3 is 11.9 Å². The monoisotopic (exact) mass is 252 g/mol. The number of halogens is 2. The van der Waals surface area contributed by atoms with Gasteiger partial charge in [-0.05, 0) is 13.3 Å². The van der Waals surface area contributed by atoms with E-state index in [4.69, 9.17) is 5.11 Å². The molecule has 0 aromatic carbocycles. The van der Waals surface area contributed by atoms with Crippen molar-refractivity contribution in [3.8, 4) is 0 Å². The maximum Gasteiger partial charge on any atom is 0.377 e. The Labute approximate surface area is 101 Å². The molecular weight excluding hydrogens is 230 g/mol. The molecule has 0 aromatic heterocycles. The summed E-state index contributed by atoms with van der Waals surface area (Å²) >= 11 is 0. The number of hydrogen-bond donors (Lipinski definition) is 1. The first-order chi connectivity index (χ1) is 8.00. The third kappa shape index (κ3) is 5.44. The van der Waals surface area contributed by atoms with Gasteiger partial charge in [-0.1, -0.05) is 32.6 Å². The van der Waals surface area contributed by atoms with E-state index in [2.05, 4.69) is 4.74 Å². The number of aliphatic hydroxyl groups excluding tert-OH is 1. The van der Waals surface area contributed by atoms with Crippen LogP contribution in [-0.4, -0.2) is 30.2 Å². The number of rotatable bonds is 9. The quantitative estimate of drug-likeness (QED) is 0.507. The number of alkyl halides is 2. The lowest BCUT2D eigenvalue weighted by molar-refractivity contribution is -0.183. The van der Waals surface area contributed by atoms with E-state index >= 15 is 0 Å². The first kappa shape index (κ1) is 16.3. The van der Waals surface area contributed by atoms with Crippen molar-refractivity contribution in [3.63, 3.8) is 0 Å². The molecule has 0 saturated heterocycles. The van der Waals surface area contributed by atoms with Crippen molar-refractivity contribution >= 4 is 5.97 Å². The maximum absolute atomic E-state index is 13.5. The Morgan fingerprint density at radius 1 is 1.29 bits per heavy atom. The molecule has 102 valence electrons. The Balaban J connectivity index is 4.26. The van der Waals surface area contributed by atoms with Gasteiger partial charge in [0.05, 0.1) is 19.1 Å². The average molecular weight is 252 g/mol. The van der Waals surface area contributed by atoms with Crippen molar-refractivity contribution in [2.45, 2.75) is 51.9 Å². The van der Waals surface area contributed by atoms with Crippen molar-refractivity contribution in [2.24, 2.45) is 5.92 Å². The van der Waals surface area contributed by atoms with Crippen LogP contribution in [-0.2, 0) is 9.53 Å². The summed E-state index contributed by atoms with van der Waals surface area (Å²) in [5.41, 5.74) is 0. The van der Waals surface area contributed by atoms with Crippen molar-refractivity contribution in [3.05, 3.63) is 0 Å². The van der Waals surface area contributed by atoms with Gasteiger partial charge in [0.1, 0.15) is 0 Å². The van der Waals surface area contributed by atoms with E-state index in [0.717, 1.165) is 19.3 Å². The lowest BCUT2D eigenvalue weighted by Crippen LogP contribution is -2.40. The van der Waals surface area contributed by atoms with Crippen molar-refractivity contribution in [1.29, 1.82) is 0 Å². The van der Waals surface area contributed by atoms with Gasteiger partial charge in [0.15, 0.2) is 0 Å². The van der Waals surface area contributed by atoms with E-state index in [0.29, 0.717) is 6.42 Å². The van der Waals surface area contributed by atoms with Gasteiger partial charge in [0.25, 0.3) is 0 Å². The predicted molar refractivity (Wildman–Crippen MR) is 60.9 cm³/mol. The maximum atomic E-state index is 13.5. The lowest BCUT2D eigenvalue weighted by atomic mass is 9.95. The number of esters is 1. The molecule has 0 bridgehead atoms. The number of aliphatic hydroxyl groups is 1. The van der Waals surface area contributed by atoms with Crippen LogP contribution < -0.4 is 0 Å². The third-order valence-corrected chi connectivity index (χ3v) is 2.69. The van der Waals surface area contributed by atoms with Crippen LogP contribution in [0.2, 0.25) is 0 Å². The summed E-state index contributed by atoms with van der Waals surface area (Å²) in [5.74, 6) is -6.45. The molecule has 0 aliphatic rings. The third-order valence-electron chi connectivity index (χ3n) is 2.69. The highest BCUT2D eigenvalue weighted by atomic mass is 19.3. The molecule has 3 nitrogen and oxygen atoms in total. The van der Waals surface area contributed by atoms with Gasteiger partial charge < -0.3 is 9.84 Å². The van der Waals surface area contributed by atoms with Crippen LogP contribution in [0.4, 0.5) is 8.78 Å². The van der Waals surface area contributed by atoms with Crippen molar-refractivity contribution < 1.29 is 23.4 Å². The number of carbonyl (C=O) groups is 1. The molecule has 1 atom stereocenters. The fourth-order valence-electron chi connectivity index (χ4n) is 1.60. The highest BCUT2D eigenvalue weighted by Crippen LogP contribution is 2.30. The summed E-state index contributed by atoms with van der Waals surface area (Å²) < 4.78 is 31.4.